The highest BCUT2D eigenvalue weighted by Crippen LogP contribution is 2.11. The van der Waals surface area contributed by atoms with Gasteiger partial charge < -0.3 is 25.6 Å². The van der Waals surface area contributed by atoms with Crippen LogP contribution < -0.4 is 10.6 Å². The third kappa shape index (κ3) is 9.89. The van der Waals surface area contributed by atoms with Gasteiger partial charge in [0.25, 0.3) is 0 Å². The molecule has 0 fully saturated rings. The lowest BCUT2D eigenvalue weighted by Crippen LogP contribution is -2.43. The molecule has 0 saturated carbocycles. The second kappa shape index (κ2) is 13.9. The maximum Gasteiger partial charge on any atom is 0.224 e. The Morgan fingerprint density at radius 2 is 1.93 bits per heavy atom. The van der Waals surface area contributed by atoms with Gasteiger partial charge in [0.1, 0.15) is 0 Å². The van der Waals surface area contributed by atoms with E-state index in [1.54, 1.807) is 6.08 Å². The molecule has 150 valence electrons. The van der Waals surface area contributed by atoms with Crippen molar-refractivity contribution in [2.24, 2.45) is 5.92 Å². The molecule has 0 radical (unpaired) electrons. The van der Waals surface area contributed by atoms with Gasteiger partial charge in [-0.3, -0.25) is 9.59 Å². The molecule has 1 aromatic carbocycles. The number of aliphatic hydroxyl groups excluding tert-OH is 2. The van der Waals surface area contributed by atoms with Gasteiger partial charge in [-0.25, -0.2) is 0 Å². The molecular weight excluding hydrogens is 348 g/mol. The molecule has 0 heterocycles. The summed E-state index contributed by atoms with van der Waals surface area (Å²) in [5, 5.41) is 23.7. The summed E-state index contributed by atoms with van der Waals surface area (Å²) in [5.74, 6) is -1.09. The first-order valence-corrected chi connectivity index (χ1v) is 9.12. The molecule has 7 heteroatoms. The summed E-state index contributed by atoms with van der Waals surface area (Å²) < 4.78 is 5.07. The Balaban J connectivity index is 2.50. The first-order valence-electron chi connectivity index (χ1n) is 9.12. The number of carbonyl (C=O) groups is 2. The number of benzene rings is 1. The van der Waals surface area contributed by atoms with Gasteiger partial charge in [-0.1, -0.05) is 36.4 Å². The van der Waals surface area contributed by atoms with Gasteiger partial charge in [-0.15, -0.1) is 6.58 Å². The SMILES string of the molecule is C=CC[C@H](CC(=O)NCCOCCO)C(=O)N[C@@H](CO)Cc1ccccc1. The van der Waals surface area contributed by atoms with Gasteiger partial charge >= 0.3 is 0 Å². The molecule has 0 aromatic heterocycles. The minimum Gasteiger partial charge on any atom is -0.394 e. The highest BCUT2D eigenvalue weighted by molar-refractivity contribution is 5.86. The van der Waals surface area contributed by atoms with Crippen LogP contribution in [0.3, 0.4) is 0 Å². The van der Waals surface area contributed by atoms with Crippen LogP contribution in [0.4, 0.5) is 0 Å². The van der Waals surface area contributed by atoms with Crippen molar-refractivity contribution in [1.82, 2.24) is 10.6 Å². The van der Waals surface area contributed by atoms with Crippen molar-refractivity contribution in [3.05, 3.63) is 48.6 Å². The maximum absolute atomic E-state index is 12.5. The average molecular weight is 378 g/mol. The topological polar surface area (TPSA) is 108 Å². The van der Waals surface area contributed by atoms with Crippen LogP contribution in [0.1, 0.15) is 18.4 Å². The zero-order valence-corrected chi connectivity index (χ0v) is 15.6. The minimum atomic E-state index is -0.550. The van der Waals surface area contributed by atoms with E-state index in [1.165, 1.54) is 0 Å². The van der Waals surface area contributed by atoms with Crippen LogP contribution in [0, 0.1) is 5.92 Å². The van der Waals surface area contributed by atoms with Crippen molar-refractivity contribution in [3.63, 3.8) is 0 Å². The van der Waals surface area contributed by atoms with E-state index in [0.717, 1.165) is 5.56 Å². The monoisotopic (exact) mass is 378 g/mol. The summed E-state index contributed by atoms with van der Waals surface area (Å²) >= 11 is 0. The average Bonchev–Trinajstić information content (AvgIpc) is 2.67. The molecule has 0 aliphatic rings. The minimum absolute atomic E-state index is 0.0291. The highest BCUT2D eigenvalue weighted by atomic mass is 16.5. The first kappa shape index (κ1) is 22.8. The van der Waals surface area contributed by atoms with Crippen LogP contribution >= 0.6 is 0 Å². The van der Waals surface area contributed by atoms with Crippen LogP contribution in [0.2, 0.25) is 0 Å². The zero-order chi connectivity index (χ0) is 19.9. The van der Waals surface area contributed by atoms with Crippen LogP contribution in [-0.4, -0.2) is 61.0 Å². The molecule has 0 saturated heterocycles. The summed E-state index contributed by atoms with van der Waals surface area (Å²) in [5.41, 5.74) is 1.01. The Morgan fingerprint density at radius 3 is 2.56 bits per heavy atom. The first-order chi connectivity index (χ1) is 13.1. The highest BCUT2D eigenvalue weighted by Gasteiger charge is 2.23. The number of rotatable bonds is 14. The Bertz CT molecular complexity index is 565. The van der Waals surface area contributed by atoms with Crippen molar-refractivity contribution in [2.75, 3.05) is 33.0 Å². The molecule has 1 rings (SSSR count). The number of hydrogen-bond acceptors (Lipinski definition) is 5. The van der Waals surface area contributed by atoms with Gasteiger partial charge in [0, 0.05) is 13.0 Å². The van der Waals surface area contributed by atoms with Crippen LogP contribution in [-0.2, 0) is 20.7 Å². The summed E-state index contributed by atoms with van der Waals surface area (Å²) in [7, 11) is 0. The summed E-state index contributed by atoms with van der Waals surface area (Å²) in [4.78, 5) is 24.6. The number of carbonyl (C=O) groups excluding carboxylic acids is 2. The van der Waals surface area contributed by atoms with Gasteiger partial charge in [-0.2, -0.15) is 0 Å². The summed E-state index contributed by atoms with van der Waals surface area (Å²) in [6, 6.07) is 9.16. The Labute approximate surface area is 160 Å². The number of aliphatic hydroxyl groups is 2. The van der Waals surface area contributed by atoms with Crippen molar-refractivity contribution in [3.8, 4) is 0 Å². The molecular formula is C20H30N2O5. The maximum atomic E-state index is 12.5. The molecule has 4 N–H and O–H groups in total. The number of nitrogens with one attached hydrogen (secondary N) is 2. The molecule has 2 atom stereocenters. The molecule has 1 aromatic rings. The van der Waals surface area contributed by atoms with E-state index in [1.807, 2.05) is 30.3 Å². The predicted octanol–water partition coefficient (Wildman–Crippen LogP) is 0.414. The van der Waals surface area contributed by atoms with Crippen molar-refractivity contribution >= 4 is 11.8 Å². The molecule has 0 spiro atoms. The lowest BCUT2D eigenvalue weighted by Gasteiger charge is -2.21. The summed E-state index contributed by atoms with van der Waals surface area (Å²) in [6.45, 7) is 4.24. The number of ether oxygens (including phenoxy) is 1. The third-order valence-electron chi connectivity index (χ3n) is 3.95. The molecule has 0 aliphatic heterocycles. The van der Waals surface area contributed by atoms with E-state index in [4.69, 9.17) is 9.84 Å². The molecule has 7 nitrogen and oxygen atoms in total. The summed E-state index contributed by atoms with van der Waals surface area (Å²) in [6.07, 6.45) is 2.51. The van der Waals surface area contributed by atoms with Gasteiger partial charge in [0.2, 0.25) is 11.8 Å². The third-order valence-corrected chi connectivity index (χ3v) is 3.95. The smallest absolute Gasteiger partial charge is 0.224 e. The molecule has 0 bridgehead atoms. The van der Waals surface area contributed by atoms with Crippen molar-refractivity contribution in [1.29, 1.82) is 0 Å². The lowest BCUT2D eigenvalue weighted by atomic mass is 9.98. The Morgan fingerprint density at radius 1 is 1.19 bits per heavy atom. The van der Waals surface area contributed by atoms with E-state index in [2.05, 4.69) is 17.2 Å². The van der Waals surface area contributed by atoms with E-state index >= 15 is 0 Å². The molecule has 0 unspecified atom stereocenters. The van der Waals surface area contributed by atoms with E-state index < -0.39 is 12.0 Å². The quantitative estimate of drug-likeness (QED) is 0.277. The van der Waals surface area contributed by atoms with E-state index in [0.29, 0.717) is 26.0 Å². The standard InChI is InChI=1S/C20H30N2O5/c1-2-6-17(14-19(25)21-9-11-27-12-10-23)20(26)22-18(15-24)13-16-7-4-3-5-8-16/h2-5,7-8,17-18,23-24H,1,6,9-15H2,(H,21,25)(H,22,26)/t17-,18-/m1/s1. The fourth-order valence-electron chi connectivity index (χ4n) is 2.59. The number of hydrogen-bond donors (Lipinski definition) is 4. The van der Waals surface area contributed by atoms with Crippen LogP contribution in [0.5, 0.6) is 0 Å². The second-order valence-corrected chi connectivity index (χ2v) is 6.19. The van der Waals surface area contributed by atoms with Gasteiger partial charge in [0.15, 0.2) is 0 Å². The zero-order valence-electron chi connectivity index (χ0n) is 15.6. The molecule has 2 amide bonds. The Hall–Kier alpha value is -2.22. The predicted molar refractivity (Wildman–Crippen MR) is 103 cm³/mol. The fourth-order valence-corrected chi connectivity index (χ4v) is 2.59. The normalized spacial score (nSPS) is 12.8. The number of allylic oxidation sites excluding steroid dienone is 1. The lowest BCUT2D eigenvalue weighted by molar-refractivity contribution is -0.131. The van der Waals surface area contributed by atoms with Crippen LogP contribution in [0.15, 0.2) is 43.0 Å². The fraction of sp³-hybridized carbons (Fsp3) is 0.500. The number of amides is 2. The van der Waals surface area contributed by atoms with Crippen molar-refractivity contribution < 1.29 is 24.5 Å². The molecule has 27 heavy (non-hydrogen) atoms. The van der Waals surface area contributed by atoms with Crippen LogP contribution in [0.25, 0.3) is 0 Å². The van der Waals surface area contributed by atoms with E-state index in [-0.39, 0.29) is 38.1 Å². The van der Waals surface area contributed by atoms with Crippen molar-refractivity contribution in [2.45, 2.75) is 25.3 Å². The van der Waals surface area contributed by atoms with E-state index in [9.17, 15) is 14.7 Å². The second-order valence-electron chi connectivity index (χ2n) is 6.19. The van der Waals surface area contributed by atoms with Gasteiger partial charge in [0.05, 0.1) is 38.4 Å². The molecule has 0 aliphatic carbocycles. The Kier molecular flexibility index (Phi) is 11.8. The largest absolute Gasteiger partial charge is 0.394 e. The van der Waals surface area contributed by atoms with Gasteiger partial charge in [-0.05, 0) is 18.4 Å².